The highest BCUT2D eigenvalue weighted by Gasteiger charge is 2.32. The van der Waals surface area contributed by atoms with Crippen LogP contribution in [0.3, 0.4) is 0 Å². The lowest BCUT2D eigenvalue weighted by atomic mass is 9.83. The largest absolute Gasteiger partial charge is 0.342 e. The Morgan fingerprint density at radius 2 is 1.75 bits per heavy atom. The molecule has 1 unspecified atom stereocenters. The molecular weight excluding hydrogens is 612 g/mol. The predicted octanol–water partition coefficient (Wildman–Crippen LogP) is 7.77. The normalized spacial score (nSPS) is 16.1. The second-order valence-corrected chi connectivity index (χ2v) is 13.0. The van der Waals surface area contributed by atoms with Gasteiger partial charge < -0.3 is 4.57 Å². The molecule has 0 spiro atoms. The van der Waals surface area contributed by atoms with E-state index in [-0.39, 0.29) is 17.4 Å². The van der Waals surface area contributed by atoms with E-state index in [4.69, 9.17) is 28.2 Å². The van der Waals surface area contributed by atoms with Crippen molar-refractivity contribution in [1.82, 2.24) is 9.13 Å². The summed E-state index contributed by atoms with van der Waals surface area (Å²) in [6.07, 6.45) is 5.67. The Labute approximate surface area is 266 Å². The summed E-state index contributed by atoms with van der Waals surface area (Å²) in [4.78, 5) is 20.0. The summed E-state index contributed by atoms with van der Waals surface area (Å²) in [5, 5.41) is 2.24. The van der Waals surface area contributed by atoms with Crippen molar-refractivity contribution < 1.29 is 4.39 Å². The minimum Gasteiger partial charge on any atom is -0.342 e. The summed E-state index contributed by atoms with van der Waals surface area (Å²) in [5.41, 5.74) is 8.05. The number of thiazole rings is 1. The van der Waals surface area contributed by atoms with E-state index in [9.17, 15) is 9.18 Å². The third kappa shape index (κ3) is 4.56. The van der Waals surface area contributed by atoms with Crippen LogP contribution in [0.5, 0.6) is 0 Å². The van der Waals surface area contributed by atoms with Crippen molar-refractivity contribution in [1.29, 1.82) is 0 Å². The fraction of sp³-hybridized carbons (Fsp3) is 0.111. The van der Waals surface area contributed by atoms with Crippen molar-refractivity contribution in [2.45, 2.75) is 25.4 Å². The van der Waals surface area contributed by atoms with Crippen molar-refractivity contribution >= 4 is 57.2 Å². The van der Waals surface area contributed by atoms with Gasteiger partial charge in [0, 0.05) is 44.8 Å². The van der Waals surface area contributed by atoms with Crippen LogP contribution in [0, 0.1) is 5.82 Å². The summed E-state index contributed by atoms with van der Waals surface area (Å²) in [6, 6.07) is 28.1. The molecule has 8 heteroatoms. The third-order valence-electron chi connectivity index (χ3n) is 8.52. The molecule has 4 nitrogen and oxygen atoms in total. The van der Waals surface area contributed by atoms with Crippen LogP contribution in [0.15, 0.2) is 113 Å². The number of aryl methyl sites for hydroxylation is 1. The molecule has 0 N–H and O–H groups in total. The van der Waals surface area contributed by atoms with Crippen molar-refractivity contribution in [2.24, 2.45) is 4.99 Å². The van der Waals surface area contributed by atoms with E-state index in [1.807, 2.05) is 36.4 Å². The lowest BCUT2D eigenvalue weighted by Crippen LogP contribution is -2.38. The van der Waals surface area contributed by atoms with Crippen LogP contribution in [0.25, 0.3) is 22.7 Å². The molecule has 8 rings (SSSR count). The van der Waals surface area contributed by atoms with E-state index in [2.05, 4.69) is 41.1 Å². The molecule has 0 saturated heterocycles. The van der Waals surface area contributed by atoms with Crippen LogP contribution in [-0.4, -0.2) is 9.13 Å². The molecular formula is C36H24Cl2FN3OS. The highest BCUT2D eigenvalue weighted by Crippen LogP contribution is 2.41. The maximum Gasteiger partial charge on any atom is 0.271 e. The van der Waals surface area contributed by atoms with E-state index in [0.29, 0.717) is 25.9 Å². The fourth-order valence-electron chi connectivity index (χ4n) is 6.46. The van der Waals surface area contributed by atoms with Gasteiger partial charge in [0.1, 0.15) is 5.82 Å². The lowest BCUT2D eigenvalue weighted by Gasteiger charge is -2.30. The number of hydrogen-bond acceptors (Lipinski definition) is 3. The zero-order valence-corrected chi connectivity index (χ0v) is 25.6. The first kappa shape index (κ1) is 27.3. The van der Waals surface area contributed by atoms with Crippen LogP contribution in [0.4, 0.5) is 4.39 Å². The number of rotatable bonds is 4. The van der Waals surface area contributed by atoms with Gasteiger partial charge in [-0.1, -0.05) is 95.2 Å². The van der Waals surface area contributed by atoms with Gasteiger partial charge in [0.2, 0.25) is 0 Å². The minimum atomic E-state index is -0.356. The van der Waals surface area contributed by atoms with E-state index in [1.165, 1.54) is 29.0 Å². The van der Waals surface area contributed by atoms with Crippen molar-refractivity contribution in [3.8, 4) is 0 Å². The molecule has 3 heterocycles. The summed E-state index contributed by atoms with van der Waals surface area (Å²) in [6.45, 7) is 0.558. The van der Waals surface area contributed by atoms with Crippen molar-refractivity contribution in [3.63, 3.8) is 0 Å². The molecule has 0 saturated carbocycles. The number of halogens is 3. The average molecular weight is 637 g/mol. The number of hydrogen-bond donors (Lipinski definition) is 0. The van der Waals surface area contributed by atoms with Gasteiger partial charge in [0.25, 0.3) is 5.56 Å². The van der Waals surface area contributed by atoms with E-state index < -0.39 is 0 Å². The quantitative estimate of drug-likeness (QED) is 0.195. The highest BCUT2D eigenvalue weighted by atomic mass is 35.5. The Balaban J connectivity index is 1.31. The molecule has 0 radical (unpaired) electrons. The number of fused-ring (bicyclic) bond motifs is 4. The van der Waals surface area contributed by atoms with E-state index >= 15 is 0 Å². The number of aromatic nitrogens is 2. The summed E-state index contributed by atoms with van der Waals surface area (Å²) >= 11 is 14.0. The van der Waals surface area contributed by atoms with Gasteiger partial charge in [-0.2, -0.15) is 0 Å². The van der Waals surface area contributed by atoms with Gasteiger partial charge in [-0.15, -0.1) is 0 Å². The Morgan fingerprint density at radius 1 is 0.955 bits per heavy atom. The number of allylic oxidation sites excluding steroid dienone is 1. The Bertz CT molecular complexity index is 2330. The van der Waals surface area contributed by atoms with Crippen molar-refractivity contribution in [3.05, 3.63) is 166 Å². The first-order valence-electron chi connectivity index (χ1n) is 14.3. The SMILES string of the molecule is O=c1/c(=C/c2cn(Cc3ccc(Cl)cc3Cl)c3ccccc23)sc2n1C(c1ccc(F)cc1)C1=C(N=2)c2ccccc2CC1. The van der Waals surface area contributed by atoms with E-state index in [1.54, 1.807) is 22.8 Å². The minimum absolute atomic E-state index is 0.105. The zero-order valence-electron chi connectivity index (χ0n) is 23.3. The summed E-state index contributed by atoms with van der Waals surface area (Å²) in [5.74, 6) is -0.305. The molecule has 4 aromatic carbocycles. The Kier molecular flexibility index (Phi) is 6.67. The molecule has 0 fully saturated rings. The third-order valence-corrected chi connectivity index (χ3v) is 10.1. The maximum absolute atomic E-state index is 14.2. The second kappa shape index (κ2) is 10.7. The van der Waals surface area contributed by atoms with Gasteiger partial charge >= 0.3 is 0 Å². The molecule has 1 aliphatic heterocycles. The van der Waals surface area contributed by atoms with Crippen LogP contribution in [0.1, 0.15) is 40.3 Å². The molecule has 0 amide bonds. The molecule has 1 aliphatic carbocycles. The molecule has 216 valence electrons. The fourth-order valence-corrected chi connectivity index (χ4v) is 7.92. The zero-order chi connectivity index (χ0) is 29.9. The van der Waals surface area contributed by atoms with Gasteiger partial charge in [-0.05, 0) is 71.5 Å². The second-order valence-electron chi connectivity index (χ2n) is 11.1. The van der Waals surface area contributed by atoms with Gasteiger partial charge in [0.05, 0.1) is 16.3 Å². The molecule has 2 aliphatic rings. The maximum atomic E-state index is 14.2. The van der Waals surface area contributed by atoms with Crippen molar-refractivity contribution in [2.75, 3.05) is 0 Å². The number of nitrogens with zero attached hydrogens (tertiary/aromatic N) is 3. The van der Waals surface area contributed by atoms with Crippen LogP contribution in [0.2, 0.25) is 10.0 Å². The van der Waals surface area contributed by atoms with Gasteiger partial charge in [-0.3, -0.25) is 9.36 Å². The Morgan fingerprint density at radius 3 is 2.59 bits per heavy atom. The molecule has 44 heavy (non-hydrogen) atoms. The first-order chi connectivity index (χ1) is 21.4. The van der Waals surface area contributed by atoms with Crippen LogP contribution >= 0.6 is 34.5 Å². The lowest BCUT2D eigenvalue weighted by molar-refractivity contribution is 0.581. The Hall–Kier alpha value is -4.23. The van der Waals surface area contributed by atoms with Crippen LogP contribution in [-0.2, 0) is 13.0 Å². The summed E-state index contributed by atoms with van der Waals surface area (Å²) < 4.78 is 18.5. The predicted molar refractivity (Wildman–Crippen MR) is 177 cm³/mol. The van der Waals surface area contributed by atoms with Gasteiger partial charge in [-0.25, -0.2) is 9.38 Å². The van der Waals surface area contributed by atoms with Crippen LogP contribution < -0.4 is 14.9 Å². The number of benzene rings is 4. The topological polar surface area (TPSA) is 39.3 Å². The molecule has 2 aromatic heterocycles. The smallest absolute Gasteiger partial charge is 0.271 e. The standard InChI is InChI=1S/C36H24Cl2FN3OS/c37-25-13-9-23(30(38)18-25)19-41-20-24(27-6-3-4-8-31(27)41)17-32-35(43)42-34(22-10-14-26(39)15-11-22)29-16-12-21-5-1-2-7-28(21)33(29)40-36(42)44-32/h1-11,13-15,17-18,20,34H,12,16,19H2/b32-17-. The van der Waals surface area contributed by atoms with E-state index in [0.717, 1.165) is 57.3 Å². The summed E-state index contributed by atoms with van der Waals surface area (Å²) in [7, 11) is 0. The average Bonchev–Trinajstić information content (AvgIpc) is 3.54. The monoisotopic (exact) mass is 635 g/mol. The molecule has 1 atom stereocenters. The molecule has 6 aromatic rings. The molecule has 0 bridgehead atoms. The number of para-hydroxylation sites is 1. The van der Waals surface area contributed by atoms with Gasteiger partial charge in [0.15, 0.2) is 4.80 Å². The first-order valence-corrected chi connectivity index (χ1v) is 15.9. The highest BCUT2D eigenvalue weighted by molar-refractivity contribution is 7.07.